The second kappa shape index (κ2) is 8.90. The van der Waals surface area contributed by atoms with Crippen molar-refractivity contribution in [2.75, 3.05) is 18.0 Å². The number of nitriles is 2. The Kier molecular flexibility index (Phi) is 6.34. The molecule has 0 atom stereocenters. The minimum Gasteiger partial charge on any atom is -0.355 e. The third-order valence-corrected chi connectivity index (χ3v) is 5.93. The van der Waals surface area contributed by atoms with Gasteiger partial charge in [-0.2, -0.15) is 10.5 Å². The molecule has 1 aromatic heterocycles. The van der Waals surface area contributed by atoms with Crippen LogP contribution < -0.4 is 10.6 Å². The number of benzene rings is 1. The Morgan fingerprint density at radius 2 is 1.81 bits per heavy atom. The van der Waals surface area contributed by atoms with E-state index in [4.69, 9.17) is 10.7 Å². The molecule has 1 fully saturated rings. The van der Waals surface area contributed by atoms with E-state index in [9.17, 15) is 10.5 Å². The minimum atomic E-state index is 0.211. The maximum Gasteiger partial charge on any atom is 0.148 e. The normalized spacial score (nSPS) is 14.6. The van der Waals surface area contributed by atoms with Gasteiger partial charge < -0.3 is 10.6 Å². The lowest BCUT2D eigenvalue weighted by molar-refractivity contribution is 0.497. The summed E-state index contributed by atoms with van der Waals surface area (Å²) in [4.78, 5) is 6.94. The number of piperidine rings is 1. The SMILES string of the molecule is CCc1c(C#N)c(SCc2ccccc2)nc(N2CCC(N)CC2)c1C#N. The Labute approximate surface area is 164 Å². The quantitative estimate of drug-likeness (QED) is 0.801. The molecule has 1 aliphatic heterocycles. The first-order valence-electron chi connectivity index (χ1n) is 9.22. The third kappa shape index (κ3) is 4.24. The Balaban J connectivity index is 2.00. The summed E-state index contributed by atoms with van der Waals surface area (Å²) in [5.41, 5.74) is 9.08. The van der Waals surface area contributed by atoms with Gasteiger partial charge in [0.1, 0.15) is 23.0 Å². The van der Waals surface area contributed by atoms with Crippen molar-refractivity contribution < 1.29 is 0 Å². The summed E-state index contributed by atoms with van der Waals surface area (Å²) in [6.45, 7) is 3.57. The molecule has 0 saturated carbocycles. The van der Waals surface area contributed by atoms with Gasteiger partial charge in [-0.15, -0.1) is 11.8 Å². The Morgan fingerprint density at radius 1 is 1.15 bits per heavy atom. The van der Waals surface area contributed by atoms with Crippen LogP contribution in [0.5, 0.6) is 0 Å². The van der Waals surface area contributed by atoms with E-state index in [1.54, 1.807) is 11.8 Å². The molecule has 0 spiro atoms. The zero-order chi connectivity index (χ0) is 19.2. The van der Waals surface area contributed by atoms with Gasteiger partial charge in [0.15, 0.2) is 0 Å². The molecule has 0 radical (unpaired) electrons. The van der Waals surface area contributed by atoms with Crippen LogP contribution in [0.4, 0.5) is 5.82 Å². The van der Waals surface area contributed by atoms with Gasteiger partial charge in [0.2, 0.25) is 0 Å². The predicted octanol–water partition coefficient (Wildman–Crippen LogP) is 3.61. The summed E-state index contributed by atoms with van der Waals surface area (Å²) >= 11 is 1.56. The summed E-state index contributed by atoms with van der Waals surface area (Å²) in [6, 6.07) is 14.9. The molecule has 0 unspecified atom stereocenters. The van der Waals surface area contributed by atoms with Crippen LogP contribution >= 0.6 is 11.8 Å². The number of nitrogens with two attached hydrogens (primary N) is 1. The van der Waals surface area contributed by atoms with Crippen LogP contribution in [-0.4, -0.2) is 24.1 Å². The summed E-state index contributed by atoms with van der Waals surface area (Å²) in [7, 11) is 0. The van der Waals surface area contributed by atoms with Gasteiger partial charge in [0, 0.05) is 24.9 Å². The van der Waals surface area contributed by atoms with Crippen molar-refractivity contribution in [3.05, 3.63) is 52.6 Å². The molecule has 0 bridgehead atoms. The molecule has 0 amide bonds. The minimum absolute atomic E-state index is 0.211. The van der Waals surface area contributed by atoms with E-state index in [1.807, 2.05) is 25.1 Å². The lowest BCUT2D eigenvalue weighted by Gasteiger charge is -2.32. The van der Waals surface area contributed by atoms with Crippen molar-refractivity contribution in [3.63, 3.8) is 0 Å². The number of anilines is 1. The van der Waals surface area contributed by atoms with E-state index in [0.29, 0.717) is 28.4 Å². The van der Waals surface area contributed by atoms with Crippen molar-refractivity contribution in [2.24, 2.45) is 5.73 Å². The van der Waals surface area contributed by atoms with Gasteiger partial charge in [-0.25, -0.2) is 4.98 Å². The smallest absolute Gasteiger partial charge is 0.148 e. The molecule has 5 nitrogen and oxygen atoms in total. The second-order valence-corrected chi connectivity index (χ2v) is 7.61. The molecule has 1 saturated heterocycles. The molecule has 3 rings (SSSR count). The van der Waals surface area contributed by atoms with Crippen molar-refractivity contribution in [3.8, 4) is 12.1 Å². The van der Waals surface area contributed by atoms with Crippen LogP contribution in [-0.2, 0) is 12.2 Å². The zero-order valence-electron chi connectivity index (χ0n) is 15.5. The van der Waals surface area contributed by atoms with Crippen LogP contribution in [0.3, 0.4) is 0 Å². The second-order valence-electron chi connectivity index (χ2n) is 6.65. The maximum absolute atomic E-state index is 9.77. The predicted molar refractivity (Wildman–Crippen MR) is 108 cm³/mol. The van der Waals surface area contributed by atoms with Crippen molar-refractivity contribution >= 4 is 17.6 Å². The van der Waals surface area contributed by atoms with Crippen LogP contribution in [0.15, 0.2) is 35.4 Å². The Morgan fingerprint density at radius 3 is 2.41 bits per heavy atom. The van der Waals surface area contributed by atoms with Crippen LogP contribution in [0, 0.1) is 22.7 Å². The van der Waals surface area contributed by atoms with Gasteiger partial charge in [-0.1, -0.05) is 37.3 Å². The van der Waals surface area contributed by atoms with E-state index < -0.39 is 0 Å². The standard InChI is InChI=1S/C21H23N5S/c1-2-17-18(12-22)20(26-10-8-16(24)9-11-26)25-21(19(17)13-23)27-14-15-6-4-3-5-7-15/h3-7,16H,2,8-11,14,24H2,1H3. The molecule has 138 valence electrons. The van der Waals surface area contributed by atoms with Gasteiger partial charge in [-0.3, -0.25) is 0 Å². The number of nitrogens with zero attached hydrogens (tertiary/aromatic N) is 4. The summed E-state index contributed by atoms with van der Waals surface area (Å²) in [6.07, 6.45) is 2.41. The maximum atomic E-state index is 9.77. The number of pyridine rings is 1. The van der Waals surface area contributed by atoms with E-state index in [0.717, 1.165) is 37.2 Å². The summed E-state index contributed by atoms with van der Waals surface area (Å²) < 4.78 is 0. The van der Waals surface area contributed by atoms with Crippen molar-refractivity contribution in [1.82, 2.24) is 4.98 Å². The molecule has 27 heavy (non-hydrogen) atoms. The first-order valence-corrected chi connectivity index (χ1v) is 10.2. The highest BCUT2D eigenvalue weighted by Gasteiger charge is 2.25. The lowest BCUT2D eigenvalue weighted by Crippen LogP contribution is -2.40. The first kappa shape index (κ1) is 19.2. The fourth-order valence-electron chi connectivity index (χ4n) is 3.35. The fourth-order valence-corrected chi connectivity index (χ4v) is 4.31. The highest BCUT2D eigenvalue weighted by Crippen LogP contribution is 2.34. The zero-order valence-corrected chi connectivity index (χ0v) is 16.3. The van der Waals surface area contributed by atoms with Gasteiger partial charge in [0.25, 0.3) is 0 Å². The van der Waals surface area contributed by atoms with Crippen molar-refractivity contribution in [2.45, 2.75) is 43.0 Å². The number of hydrogen-bond acceptors (Lipinski definition) is 6. The molecule has 1 aliphatic rings. The molecule has 6 heteroatoms. The van der Waals surface area contributed by atoms with Gasteiger partial charge >= 0.3 is 0 Å². The van der Waals surface area contributed by atoms with Crippen molar-refractivity contribution in [1.29, 1.82) is 10.5 Å². The monoisotopic (exact) mass is 377 g/mol. The van der Waals surface area contributed by atoms with Crippen LogP contribution in [0.1, 0.15) is 42.0 Å². The molecule has 2 N–H and O–H groups in total. The summed E-state index contributed by atoms with van der Waals surface area (Å²) in [5, 5.41) is 20.2. The molecular formula is C21H23N5S. The molecule has 2 aromatic rings. The fraction of sp³-hybridized carbons (Fsp3) is 0.381. The number of aromatic nitrogens is 1. The number of thioether (sulfide) groups is 1. The van der Waals surface area contributed by atoms with Gasteiger partial charge in [-0.05, 0) is 30.4 Å². The average molecular weight is 378 g/mol. The Hall–Kier alpha value is -2.54. The third-order valence-electron chi connectivity index (χ3n) is 4.88. The summed E-state index contributed by atoms with van der Waals surface area (Å²) in [5.74, 6) is 1.44. The topological polar surface area (TPSA) is 89.7 Å². The van der Waals surface area contributed by atoms with Crippen LogP contribution in [0.2, 0.25) is 0 Å². The molecular weight excluding hydrogens is 354 g/mol. The first-order chi connectivity index (χ1) is 13.2. The van der Waals surface area contributed by atoms with Crippen LogP contribution in [0.25, 0.3) is 0 Å². The molecule has 0 aliphatic carbocycles. The van der Waals surface area contributed by atoms with E-state index in [2.05, 4.69) is 29.2 Å². The van der Waals surface area contributed by atoms with E-state index in [1.165, 1.54) is 5.56 Å². The molecule has 2 heterocycles. The number of hydrogen-bond donors (Lipinski definition) is 1. The number of rotatable bonds is 5. The Bertz CT molecular complexity index is 874. The molecule has 1 aromatic carbocycles. The van der Waals surface area contributed by atoms with Gasteiger partial charge in [0.05, 0.1) is 11.1 Å². The highest BCUT2D eigenvalue weighted by atomic mass is 32.2. The lowest BCUT2D eigenvalue weighted by atomic mass is 10.00. The highest BCUT2D eigenvalue weighted by molar-refractivity contribution is 7.98. The van der Waals surface area contributed by atoms with E-state index in [-0.39, 0.29) is 6.04 Å². The van der Waals surface area contributed by atoms with E-state index >= 15 is 0 Å². The largest absolute Gasteiger partial charge is 0.355 e. The average Bonchev–Trinajstić information content (AvgIpc) is 2.72.